The van der Waals surface area contributed by atoms with E-state index in [1.165, 1.54) is 22.8 Å². The van der Waals surface area contributed by atoms with Crippen LogP contribution in [0.5, 0.6) is 0 Å². The first-order chi connectivity index (χ1) is 15.2. The van der Waals surface area contributed by atoms with Gasteiger partial charge in [0.2, 0.25) is 5.91 Å². The summed E-state index contributed by atoms with van der Waals surface area (Å²) in [4.78, 5) is 50.6. The van der Waals surface area contributed by atoms with Crippen LogP contribution in [0, 0.1) is 13.8 Å². The summed E-state index contributed by atoms with van der Waals surface area (Å²) in [6.45, 7) is 5.01. The molecule has 1 N–H and O–H groups in total. The number of carbonyl (C=O) groups is 2. The Labute approximate surface area is 187 Å². The second-order valence-electron chi connectivity index (χ2n) is 7.67. The zero-order valence-corrected chi connectivity index (χ0v) is 18.7. The highest BCUT2D eigenvalue weighted by atomic mass is 32.1. The fraction of sp³-hybridized carbons (Fsp3) is 0.167. The molecule has 0 saturated heterocycles. The molecule has 2 aromatic carbocycles. The van der Waals surface area contributed by atoms with Gasteiger partial charge in [-0.3, -0.25) is 19.0 Å². The number of anilines is 1. The fourth-order valence-electron chi connectivity index (χ4n) is 3.68. The summed E-state index contributed by atoms with van der Waals surface area (Å²) in [6.07, 6.45) is 0. The van der Waals surface area contributed by atoms with Crippen LogP contribution in [-0.2, 0) is 11.3 Å². The van der Waals surface area contributed by atoms with Crippen LogP contribution in [-0.4, -0.2) is 20.8 Å². The van der Waals surface area contributed by atoms with Gasteiger partial charge in [0.15, 0.2) is 5.78 Å². The summed E-state index contributed by atoms with van der Waals surface area (Å²) in [5, 5.41) is 4.47. The zero-order chi connectivity index (χ0) is 23.0. The van der Waals surface area contributed by atoms with Crippen LogP contribution in [0.4, 0.5) is 5.69 Å². The maximum Gasteiger partial charge on any atom is 0.336 e. The van der Waals surface area contributed by atoms with E-state index in [1.807, 2.05) is 19.9 Å². The van der Waals surface area contributed by atoms with E-state index in [9.17, 15) is 19.2 Å². The van der Waals surface area contributed by atoms with E-state index in [2.05, 4.69) is 5.32 Å². The van der Waals surface area contributed by atoms with Crippen LogP contribution < -0.4 is 16.6 Å². The predicted octanol–water partition coefficient (Wildman–Crippen LogP) is 3.67. The van der Waals surface area contributed by atoms with E-state index in [0.29, 0.717) is 27.2 Å². The second-order valence-corrected chi connectivity index (χ2v) is 8.59. The lowest BCUT2D eigenvalue weighted by Gasteiger charge is -2.13. The summed E-state index contributed by atoms with van der Waals surface area (Å²) in [6, 6.07) is 13.7. The largest absolute Gasteiger partial charge is 0.336 e. The van der Waals surface area contributed by atoms with Crippen LogP contribution in [0.15, 0.2) is 63.5 Å². The lowest BCUT2D eigenvalue weighted by Crippen LogP contribution is -2.40. The highest BCUT2D eigenvalue weighted by molar-refractivity contribution is 7.17. The molecular weight excluding hydrogens is 426 g/mol. The number of amides is 1. The third-order valence-corrected chi connectivity index (χ3v) is 5.99. The molecule has 0 bridgehead atoms. The van der Waals surface area contributed by atoms with Gasteiger partial charge < -0.3 is 5.32 Å². The van der Waals surface area contributed by atoms with Crippen LogP contribution >= 0.6 is 11.3 Å². The Morgan fingerprint density at radius 3 is 2.25 bits per heavy atom. The third kappa shape index (κ3) is 4.04. The molecule has 1 amide bonds. The predicted molar refractivity (Wildman–Crippen MR) is 126 cm³/mol. The van der Waals surface area contributed by atoms with E-state index < -0.39 is 17.2 Å². The number of fused-ring (bicyclic) bond motifs is 1. The first-order valence-corrected chi connectivity index (χ1v) is 10.8. The lowest BCUT2D eigenvalue weighted by molar-refractivity contribution is -0.116. The Kier molecular flexibility index (Phi) is 5.63. The van der Waals surface area contributed by atoms with Gasteiger partial charge >= 0.3 is 5.69 Å². The number of hydrogen-bond donors (Lipinski definition) is 1. The standard InChI is InChI=1S/C24H21N3O4S/c1-14-10-15(2)12-19(11-14)27-23(30)22-20(8-9-32-22)26(24(27)31)13-21(29)25-18-6-4-17(5-7-18)16(3)28/h4-12H,13H2,1-3H3,(H,25,29). The minimum absolute atomic E-state index is 0.0667. The molecule has 32 heavy (non-hydrogen) atoms. The number of nitrogens with zero attached hydrogens (tertiary/aromatic N) is 2. The van der Waals surface area contributed by atoms with Crippen molar-refractivity contribution in [3.05, 3.63) is 91.4 Å². The van der Waals surface area contributed by atoms with Gasteiger partial charge in [-0.05, 0) is 79.7 Å². The summed E-state index contributed by atoms with van der Waals surface area (Å²) < 4.78 is 2.83. The molecule has 0 aliphatic heterocycles. The van der Waals surface area contributed by atoms with Gasteiger partial charge in [-0.25, -0.2) is 9.36 Å². The molecule has 0 fully saturated rings. The Balaban J connectivity index is 1.75. The third-order valence-electron chi connectivity index (χ3n) is 5.10. The summed E-state index contributed by atoms with van der Waals surface area (Å²) in [5.41, 5.74) is 2.83. The van der Waals surface area contributed by atoms with Gasteiger partial charge in [-0.15, -0.1) is 11.3 Å². The van der Waals surface area contributed by atoms with Crippen LogP contribution in [0.1, 0.15) is 28.4 Å². The summed E-state index contributed by atoms with van der Waals surface area (Å²) in [5.74, 6) is -0.483. The van der Waals surface area contributed by atoms with Gasteiger partial charge in [-0.2, -0.15) is 0 Å². The van der Waals surface area contributed by atoms with Crippen molar-refractivity contribution >= 4 is 38.9 Å². The van der Waals surface area contributed by atoms with Crippen molar-refractivity contribution in [1.29, 1.82) is 0 Å². The number of aromatic nitrogens is 2. The van der Waals surface area contributed by atoms with Crippen molar-refractivity contribution < 1.29 is 9.59 Å². The summed E-state index contributed by atoms with van der Waals surface area (Å²) in [7, 11) is 0. The molecule has 0 aliphatic rings. The zero-order valence-electron chi connectivity index (χ0n) is 17.8. The van der Waals surface area contributed by atoms with Gasteiger partial charge in [-0.1, -0.05) is 6.07 Å². The Bertz CT molecular complexity index is 1460. The van der Waals surface area contributed by atoms with Crippen molar-refractivity contribution in [2.24, 2.45) is 0 Å². The molecule has 8 heteroatoms. The minimum atomic E-state index is -0.576. The number of nitrogens with one attached hydrogen (secondary N) is 1. The number of benzene rings is 2. The Morgan fingerprint density at radius 1 is 0.969 bits per heavy atom. The van der Waals surface area contributed by atoms with Crippen molar-refractivity contribution in [3.63, 3.8) is 0 Å². The monoisotopic (exact) mass is 447 g/mol. The topological polar surface area (TPSA) is 90.2 Å². The number of ketones is 1. The highest BCUT2D eigenvalue weighted by Gasteiger charge is 2.18. The number of aryl methyl sites for hydroxylation is 2. The van der Waals surface area contributed by atoms with E-state index >= 15 is 0 Å². The molecule has 4 rings (SSSR count). The molecule has 2 aromatic heterocycles. The van der Waals surface area contributed by atoms with Crippen molar-refractivity contribution in [1.82, 2.24) is 9.13 Å². The molecule has 0 unspecified atom stereocenters. The first-order valence-electron chi connectivity index (χ1n) is 9.97. The Hall–Kier alpha value is -3.78. The molecule has 0 radical (unpaired) electrons. The van der Waals surface area contributed by atoms with Crippen LogP contribution in [0.3, 0.4) is 0 Å². The van der Waals surface area contributed by atoms with E-state index in [4.69, 9.17) is 0 Å². The second kappa shape index (κ2) is 8.39. The van der Waals surface area contributed by atoms with E-state index in [1.54, 1.807) is 47.8 Å². The first kappa shape index (κ1) is 21.5. The smallest absolute Gasteiger partial charge is 0.325 e. The highest BCUT2D eigenvalue weighted by Crippen LogP contribution is 2.18. The average molecular weight is 448 g/mol. The molecule has 7 nitrogen and oxygen atoms in total. The molecule has 2 heterocycles. The van der Waals surface area contributed by atoms with Crippen LogP contribution in [0.25, 0.3) is 15.9 Å². The van der Waals surface area contributed by atoms with Crippen molar-refractivity contribution in [3.8, 4) is 5.69 Å². The van der Waals surface area contributed by atoms with E-state index in [0.717, 1.165) is 15.7 Å². The molecule has 162 valence electrons. The number of hydrogen-bond acceptors (Lipinski definition) is 5. The van der Waals surface area contributed by atoms with Crippen molar-refractivity contribution in [2.45, 2.75) is 27.3 Å². The van der Waals surface area contributed by atoms with Gasteiger partial charge in [0.1, 0.15) is 11.2 Å². The maximum absolute atomic E-state index is 13.3. The average Bonchev–Trinajstić information content (AvgIpc) is 3.21. The lowest BCUT2D eigenvalue weighted by atomic mass is 10.1. The fourth-order valence-corrected chi connectivity index (χ4v) is 4.50. The molecule has 0 aliphatic carbocycles. The quantitative estimate of drug-likeness (QED) is 0.473. The molecule has 4 aromatic rings. The summed E-state index contributed by atoms with van der Waals surface area (Å²) >= 11 is 1.23. The van der Waals surface area contributed by atoms with Crippen molar-refractivity contribution in [2.75, 3.05) is 5.32 Å². The number of carbonyl (C=O) groups excluding carboxylic acids is 2. The number of rotatable bonds is 5. The number of Topliss-reactive ketones (excluding diaryl/α,β-unsaturated/α-hetero) is 1. The normalized spacial score (nSPS) is 11.0. The maximum atomic E-state index is 13.3. The molecule has 0 atom stereocenters. The Morgan fingerprint density at radius 2 is 1.62 bits per heavy atom. The SMILES string of the molecule is CC(=O)c1ccc(NC(=O)Cn2c(=O)n(-c3cc(C)cc(C)c3)c(=O)c3sccc32)cc1. The molecule has 0 spiro atoms. The number of thiophene rings is 1. The van der Waals surface area contributed by atoms with Gasteiger partial charge in [0, 0.05) is 11.3 Å². The molecular formula is C24H21N3O4S. The van der Waals surface area contributed by atoms with E-state index in [-0.39, 0.29) is 12.3 Å². The minimum Gasteiger partial charge on any atom is -0.325 e. The van der Waals surface area contributed by atoms with Gasteiger partial charge in [0.05, 0.1) is 11.2 Å². The van der Waals surface area contributed by atoms with Crippen LogP contribution in [0.2, 0.25) is 0 Å². The van der Waals surface area contributed by atoms with Gasteiger partial charge in [0.25, 0.3) is 5.56 Å². The molecule has 0 saturated carbocycles.